The Morgan fingerprint density at radius 3 is 2.52 bits per heavy atom. The number of ketones is 1. The lowest BCUT2D eigenvalue weighted by molar-refractivity contribution is 0.0848. The Kier molecular flexibility index (Phi) is 2.91. The van der Waals surface area contributed by atoms with Crippen molar-refractivity contribution in [2.45, 2.75) is 18.9 Å². The summed E-state index contributed by atoms with van der Waals surface area (Å²) < 4.78 is 5.02. The van der Waals surface area contributed by atoms with Crippen LogP contribution in [0.4, 0.5) is 0 Å². The minimum atomic E-state index is -0.896. The predicted molar refractivity (Wildman–Crippen MR) is 74.2 cm³/mol. The maximum atomic E-state index is 12.0. The van der Waals surface area contributed by atoms with Crippen molar-refractivity contribution in [3.05, 3.63) is 23.3 Å². The van der Waals surface area contributed by atoms with Gasteiger partial charge in [0.25, 0.3) is 0 Å². The molecule has 0 aliphatic heterocycles. The van der Waals surface area contributed by atoms with Crippen LogP contribution >= 0.6 is 0 Å². The van der Waals surface area contributed by atoms with Gasteiger partial charge in [-0.1, -0.05) is 0 Å². The van der Waals surface area contributed by atoms with Gasteiger partial charge in [0, 0.05) is 29.9 Å². The number of carbonyl (C=O) groups is 1. The Morgan fingerprint density at radius 1 is 1.14 bits per heavy atom. The summed E-state index contributed by atoms with van der Waals surface area (Å²) >= 11 is 0. The molecule has 1 aliphatic carbocycles. The fourth-order valence-corrected chi connectivity index (χ4v) is 2.83. The van der Waals surface area contributed by atoms with Gasteiger partial charge in [0.15, 0.2) is 5.78 Å². The number of ether oxygens (including phenoxy) is 1. The number of aliphatic hydroxyl groups excluding tert-OH is 1. The molecule has 0 bridgehead atoms. The number of hydrogen-bond donors (Lipinski definition) is 4. The van der Waals surface area contributed by atoms with E-state index in [0.717, 1.165) is 0 Å². The maximum absolute atomic E-state index is 12.0. The summed E-state index contributed by atoms with van der Waals surface area (Å²) in [7, 11) is 1.41. The van der Waals surface area contributed by atoms with Crippen LogP contribution in [0.5, 0.6) is 23.0 Å². The van der Waals surface area contributed by atoms with Crippen molar-refractivity contribution in [2.75, 3.05) is 7.11 Å². The second kappa shape index (κ2) is 4.53. The Bertz CT molecular complexity index is 765. The molecule has 0 unspecified atom stereocenters. The molecule has 0 saturated heterocycles. The van der Waals surface area contributed by atoms with Crippen LogP contribution in [0.15, 0.2) is 12.1 Å². The zero-order valence-corrected chi connectivity index (χ0v) is 11.3. The quantitative estimate of drug-likeness (QED) is 0.592. The number of fused-ring (bicyclic) bond motifs is 2. The van der Waals surface area contributed by atoms with E-state index in [-0.39, 0.29) is 52.0 Å². The highest BCUT2D eigenvalue weighted by Crippen LogP contribution is 2.47. The third-order valence-corrected chi connectivity index (χ3v) is 3.78. The summed E-state index contributed by atoms with van der Waals surface area (Å²) in [6.45, 7) is 0. The standard InChI is InChI=1S/C15H14O6/c1-21-7-4-9-13(11(18)5-7)15(20)12-8(14(9)19)2-6(16)3-10(12)17/h4-6,16,18-20H,2-3H2,1H3/t6-/m0/s1. The van der Waals surface area contributed by atoms with E-state index in [1.54, 1.807) is 0 Å². The van der Waals surface area contributed by atoms with Crippen LogP contribution in [0, 0.1) is 0 Å². The molecule has 0 aromatic heterocycles. The van der Waals surface area contributed by atoms with E-state index in [1.165, 1.54) is 19.2 Å². The highest BCUT2D eigenvalue weighted by Gasteiger charge is 2.32. The second-order valence-electron chi connectivity index (χ2n) is 5.11. The molecule has 0 spiro atoms. The van der Waals surface area contributed by atoms with Crippen LogP contribution in [0.1, 0.15) is 22.3 Å². The first kappa shape index (κ1) is 13.5. The van der Waals surface area contributed by atoms with Crippen molar-refractivity contribution in [1.29, 1.82) is 0 Å². The molecule has 0 saturated carbocycles. The predicted octanol–water partition coefficient (Wildman–Crippen LogP) is 1.45. The lowest BCUT2D eigenvalue weighted by atomic mass is 9.85. The summed E-state index contributed by atoms with van der Waals surface area (Å²) in [5, 5.41) is 40.5. The van der Waals surface area contributed by atoms with E-state index in [9.17, 15) is 25.2 Å². The van der Waals surface area contributed by atoms with Gasteiger partial charge in [0.2, 0.25) is 0 Å². The fraction of sp³-hybridized carbons (Fsp3) is 0.267. The molecule has 110 valence electrons. The van der Waals surface area contributed by atoms with Gasteiger partial charge in [-0.15, -0.1) is 0 Å². The molecule has 2 aromatic carbocycles. The number of phenolic OH excluding ortho intramolecular Hbond substituents is 3. The van der Waals surface area contributed by atoms with E-state index in [1.807, 2.05) is 0 Å². The second-order valence-corrected chi connectivity index (χ2v) is 5.11. The van der Waals surface area contributed by atoms with Crippen molar-refractivity contribution in [2.24, 2.45) is 0 Å². The SMILES string of the molecule is COc1cc(O)c2c(O)c3c(c(O)c2c1)C[C@H](O)CC3=O. The topological polar surface area (TPSA) is 107 Å². The number of methoxy groups -OCH3 is 1. The highest BCUT2D eigenvalue weighted by molar-refractivity contribution is 6.11. The smallest absolute Gasteiger partial charge is 0.169 e. The van der Waals surface area contributed by atoms with Crippen LogP contribution < -0.4 is 4.74 Å². The third kappa shape index (κ3) is 1.87. The molecule has 2 aromatic rings. The molecular formula is C15H14O6. The molecule has 6 nitrogen and oxygen atoms in total. The normalized spacial score (nSPS) is 17.8. The molecular weight excluding hydrogens is 276 g/mol. The van der Waals surface area contributed by atoms with Gasteiger partial charge in [-0.3, -0.25) is 4.79 Å². The average molecular weight is 290 g/mol. The number of benzene rings is 2. The van der Waals surface area contributed by atoms with Gasteiger partial charge in [0.05, 0.1) is 24.2 Å². The lowest BCUT2D eigenvalue weighted by Gasteiger charge is -2.23. The first-order valence-electron chi connectivity index (χ1n) is 6.42. The summed E-state index contributed by atoms with van der Waals surface area (Å²) in [5.41, 5.74) is 0.155. The fourth-order valence-electron chi connectivity index (χ4n) is 2.83. The Hall–Kier alpha value is -2.47. The number of hydrogen-bond acceptors (Lipinski definition) is 6. The molecule has 0 fully saturated rings. The summed E-state index contributed by atoms with van der Waals surface area (Å²) in [6.07, 6.45) is -0.955. The van der Waals surface area contributed by atoms with E-state index < -0.39 is 11.9 Å². The van der Waals surface area contributed by atoms with Gasteiger partial charge in [-0.05, 0) is 6.07 Å². The molecule has 4 N–H and O–H groups in total. The lowest BCUT2D eigenvalue weighted by Crippen LogP contribution is -2.24. The molecule has 1 aliphatic rings. The number of aromatic hydroxyl groups is 3. The van der Waals surface area contributed by atoms with Gasteiger partial charge < -0.3 is 25.2 Å². The van der Waals surface area contributed by atoms with Crippen LogP contribution in [0.3, 0.4) is 0 Å². The maximum Gasteiger partial charge on any atom is 0.169 e. The first-order valence-corrected chi connectivity index (χ1v) is 6.42. The van der Waals surface area contributed by atoms with Crippen LogP contribution in [-0.4, -0.2) is 39.4 Å². The first-order chi connectivity index (χ1) is 9.93. The molecule has 21 heavy (non-hydrogen) atoms. The largest absolute Gasteiger partial charge is 0.507 e. The minimum absolute atomic E-state index is 0.00297. The molecule has 0 radical (unpaired) electrons. The van der Waals surface area contributed by atoms with Gasteiger partial charge >= 0.3 is 0 Å². The van der Waals surface area contributed by atoms with E-state index in [4.69, 9.17) is 4.74 Å². The molecule has 0 amide bonds. The molecule has 6 heteroatoms. The third-order valence-electron chi connectivity index (χ3n) is 3.78. The summed E-state index contributed by atoms with van der Waals surface area (Å²) in [5.74, 6) is -1.07. The van der Waals surface area contributed by atoms with Gasteiger partial charge in [-0.25, -0.2) is 0 Å². The van der Waals surface area contributed by atoms with Crippen molar-refractivity contribution in [1.82, 2.24) is 0 Å². The zero-order chi connectivity index (χ0) is 15.3. The molecule has 3 rings (SSSR count). The Balaban J connectivity index is 2.45. The van der Waals surface area contributed by atoms with Gasteiger partial charge in [-0.2, -0.15) is 0 Å². The van der Waals surface area contributed by atoms with E-state index in [2.05, 4.69) is 0 Å². The van der Waals surface area contributed by atoms with E-state index >= 15 is 0 Å². The van der Waals surface area contributed by atoms with Gasteiger partial charge in [0.1, 0.15) is 23.0 Å². The van der Waals surface area contributed by atoms with E-state index in [0.29, 0.717) is 5.75 Å². The Morgan fingerprint density at radius 2 is 1.86 bits per heavy atom. The Labute approximate surface area is 119 Å². The number of phenols is 3. The van der Waals surface area contributed by atoms with Crippen LogP contribution in [-0.2, 0) is 6.42 Å². The van der Waals surface area contributed by atoms with Crippen LogP contribution in [0.2, 0.25) is 0 Å². The van der Waals surface area contributed by atoms with Crippen molar-refractivity contribution < 1.29 is 30.0 Å². The average Bonchev–Trinajstić information content (AvgIpc) is 2.43. The summed E-state index contributed by atoms with van der Waals surface area (Å²) in [6, 6.07) is 2.74. The summed E-state index contributed by atoms with van der Waals surface area (Å²) in [4.78, 5) is 12.0. The minimum Gasteiger partial charge on any atom is -0.507 e. The van der Waals surface area contributed by atoms with Crippen molar-refractivity contribution in [3.63, 3.8) is 0 Å². The highest BCUT2D eigenvalue weighted by atomic mass is 16.5. The number of Topliss-reactive ketones (excluding diaryl/α,β-unsaturated/α-hetero) is 1. The van der Waals surface area contributed by atoms with Crippen LogP contribution in [0.25, 0.3) is 10.8 Å². The number of rotatable bonds is 1. The molecule has 1 atom stereocenters. The monoisotopic (exact) mass is 290 g/mol. The van der Waals surface area contributed by atoms with Crippen molar-refractivity contribution >= 4 is 16.6 Å². The number of carbonyl (C=O) groups excluding carboxylic acids is 1. The number of aliphatic hydroxyl groups is 1. The molecule has 0 heterocycles. The van der Waals surface area contributed by atoms with Crippen molar-refractivity contribution in [3.8, 4) is 23.0 Å². The zero-order valence-electron chi connectivity index (χ0n) is 11.3.